The molecule has 2 amide bonds. The lowest BCUT2D eigenvalue weighted by Crippen LogP contribution is -2.54. The van der Waals surface area contributed by atoms with Crippen LogP contribution >= 0.6 is 22.7 Å². The summed E-state index contributed by atoms with van der Waals surface area (Å²) in [5.41, 5.74) is 7.80. The van der Waals surface area contributed by atoms with Gasteiger partial charge in [0.15, 0.2) is 0 Å². The molecule has 6 nitrogen and oxygen atoms in total. The zero-order chi connectivity index (χ0) is 22.1. The molecule has 8 heteroatoms. The molecular weight excluding hydrogens is 428 g/mol. The molecule has 0 saturated carbocycles. The molecule has 4 rings (SSSR count). The summed E-state index contributed by atoms with van der Waals surface area (Å²) in [6.45, 7) is 6.19. The van der Waals surface area contributed by atoms with E-state index in [2.05, 4.69) is 28.2 Å². The number of nitrogens with zero attached hydrogens (tertiary/aromatic N) is 2. The van der Waals surface area contributed by atoms with E-state index in [9.17, 15) is 9.59 Å². The number of fused-ring (bicyclic) bond motifs is 1. The highest BCUT2D eigenvalue weighted by molar-refractivity contribution is 7.17. The van der Waals surface area contributed by atoms with Crippen LogP contribution < -0.4 is 11.1 Å². The van der Waals surface area contributed by atoms with Gasteiger partial charge in [-0.3, -0.25) is 9.59 Å². The minimum atomic E-state index is -0.648. The highest BCUT2D eigenvalue weighted by Gasteiger charge is 2.37. The van der Waals surface area contributed by atoms with Crippen LogP contribution in [-0.4, -0.2) is 40.3 Å². The number of benzene rings is 1. The Morgan fingerprint density at radius 2 is 1.97 bits per heavy atom. The van der Waals surface area contributed by atoms with Crippen LogP contribution in [0.1, 0.15) is 44.7 Å². The molecule has 1 aromatic carbocycles. The van der Waals surface area contributed by atoms with E-state index in [0.29, 0.717) is 6.54 Å². The van der Waals surface area contributed by atoms with Crippen molar-refractivity contribution < 1.29 is 9.59 Å². The lowest BCUT2D eigenvalue weighted by Gasteiger charge is -2.30. The summed E-state index contributed by atoms with van der Waals surface area (Å²) in [6, 6.07) is 7.06. The van der Waals surface area contributed by atoms with E-state index in [1.165, 1.54) is 10.1 Å². The number of amides is 2. The second-order valence-electron chi connectivity index (χ2n) is 8.43. The molecule has 1 aliphatic rings. The maximum atomic E-state index is 13.4. The number of hydrogen-bond donors (Lipinski definition) is 2. The van der Waals surface area contributed by atoms with Crippen molar-refractivity contribution in [3.05, 3.63) is 40.0 Å². The van der Waals surface area contributed by atoms with Crippen molar-refractivity contribution in [2.24, 2.45) is 11.7 Å². The molecule has 31 heavy (non-hydrogen) atoms. The van der Waals surface area contributed by atoms with Crippen molar-refractivity contribution in [1.29, 1.82) is 0 Å². The van der Waals surface area contributed by atoms with E-state index in [4.69, 9.17) is 10.7 Å². The second kappa shape index (κ2) is 9.06. The molecule has 1 saturated heterocycles. The first-order valence-electron chi connectivity index (χ1n) is 10.6. The lowest BCUT2D eigenvalue weighted by atomic mass is 10.0. The number of carbonyl (C=O) groups is 2. The Morgan fingerprint density at radius 1 is 1.19 bits per heavy atom. The Kier molecular flexibility index (Phi) is 6.41. The van der Waals surface area contributed by atoms with E-state index in [1.54, 1.807) is 29.6 Å². The van der Waals surface area contributed by atoms with Crippen molar-refractivity contribution in [2.45, 2.75) is 51.7 Å². The highest BCUT2D eigenvalue weighted by Crippen LogP contribution is 2.39. The molecule has 3 aromatic rings. The van der Waals surface area contributed by atoms with E-state index in [1.807, 2.05) is 30.9 Å². The van der Waals surface area contributed by atoms with Gasteiger partial charge < -0.3 is 16.0 Å². The van der Waals surface area contributed by atoms with E-state index < -0.39 is 12.1 Å². The number of thiazole rings is 1. The van der Waals surface area contributed by atoms with E-state index >= 15 is 0 Å². The average molecular weight is 457 g/mol. The Hall–Kier alpha value is -2.29. The topological polar surface area (TPSA) is 88.3 Å². The first kappa shape index (κ1) is 21.9. The maximum Gasteiger partial charge on any atom is 0.246 e. The Balaban J connectivity index is 1.57. The summed E-state index contributed by atoms with van der Waals surface area (Å²) in [4.78, 5) is 32.4. The van der Waals surface area contributed by atoms with Crippen LogP contribution in [0.2, 0.25) is 0 Å². The van der Waals surface area contributed by atoms with Gasteiger partial charge in [0.25, 0.3) is 0 Å². The number of hydrogen-bond acceptors (Lipinski definition) is 6. The van der Waals surface area contributed by atoms with Crippen LogP contribution in [0.5, 0.6) is 0 Å². The van der Waals surface area contributed by atoms with Gasteiger partial charge in [-0.15, -0.1) is 22.7 Å². The fraction of sp³-hybridized carbons (Fsp3) is 0.435. The summed E-state index contributed by atoms with van der Waals surface area (Å²) in [5.74, 6) is -0.381. The number of likely N-dealkylation sites (tertiary alicyclic amines) is 1. The SMILES string of the molecule is CC(C)[C@@H](NC(=O)[C@@H](C)N)C(=O)N1CCC[C@@H]1c1nc(-c2csc3ccccc23)cs1. The third-order valence-electron chi connectivity index (χ3n) is 5.74. The summed E-state index contributed by atoms with van der Waals surface area (Å²) >= 11 is 3.33. The molecule has 3 heterocycles. The van der Waals surface area contributed by atoms with Gasteiger partial charge in [0.05, 0.1) is 17.8 Å². The molecule has 1 fully saturated rings. The number of thiophene rings is 1. The Labute approximate surface area is 190 Å². The van der Waals surface area contributed by atoms with Crippen LogP contribution in [0.3, 0.4) is 0 Å². The zero-order valence-corrected chi connectivity index (χ0v) is 19.6. The Morgan fingerprint density at radius 3 is 2.71 bits per heavy atom. The minimum Gasteiger partial charge on any atom is -0.343 e. The lowest BCUT2D eigenvalue weighted by molar-refractivity contribution is -0.138. The monoisotopic (exact) mass is 456 g/mol. The third-order valence-corrected chi connectivity index (χ3v) is 7.65. The molecule has 3 atom stereocenters. The molecule has 0 spiro atoms. The van der Waals surface area contributed by atoms with Crippen LogP contribution in [0.15, 0.2) is 35.0 Å². The zero-order valence-electron chi connectivity index (χ0n) is 18.0. The summed E-state index contributed by atoms with van der Waals surface area (Å²) < 4.78 is 1.24. The first-order chi connectivity index (χ1) is 14.9. The maximum absolute atomic E-state index is 13.4. The van der Waals surface area contributed by atoms with E-state index in [0.717, 1.165) is 29.1 Å². The third kappa shape index (κ3) is 4.37. The standard InChI is InChI=1S/C23H28N4O2S2/c1-13(2)20(26-21(28)14(3)24)23(29)27-10-6-8-18(27)22-25-17(12-31-22)16-11-30-19-9-5-4-7-15(16)19/h4-5,7,9,11-14,18,20H,6,8,10,24H2,1-3H3,(H,26,28)/t14-,18-,20-/m1/s1. The average Bonchev–Trinajstić information content (AvgIpc) is 3.49. The number of nitrogens with two attached hydrogens (primary N) is 1. The predicted molar refractivity (Wildman–Crippen MR) is 127 cm³/mol. The summed E-state index contributed by atoms with van der Waals surface area (Å²) in [7, 11) is 0. The van der Waals surface area contributed by atoms with Gasteiger partial charge in [0.2, 0.25) is 11.8 Å². The predicted octanol–water partition coefficient (Wildman–Crippen LogP) is 4.18. The molecule has 1 aliphatic heterocycles. The molecule has 0 aliphatic carbocycles. The second-order valence-corrected chi connectivity index (χ2v) is 10.2. The quantitative estimate of drug-likeness (QED) is 0.582. The normalized spacial score (nSPS) is 18.5. The van der Waals surface area contributed by atoms with Crippen molar-refractivity contribution >= 4 is 44.6 Å². The minimum absolute atomic E-state index is 0.0273. The molecular formula is C23H28N4O2S2. The number of nitrogens with one attached hydrogen (secondary N) is 1. The van der Waals surface area contributed by atoms with Gasteiger partial charge >= 0.3 is 0 Å². The smallest absolute Gasteiger partial charge is 0.246 e. The molecule has 2 aromatic heterocycles. The fourth-order valence-corrected chi connectivity index (χ4v) is 5.92. The molecule has 0 bridgehead atoms. The molecule has 0 unspecified atom stereocenters. The number of aromatic nitrogens is 1. The molecule has 3 N–H and O–H groups in total. The van der Waals surface area contributed by atoms with Crippen LogP contribution in [0.4, 0.5) is 0 Å². The van der Waals surface area contributed by atoms with Crippen molar-refractivity contribution in [2.75, 3.05) is 6.54 Å². The van der Waals surface area contributed by atoms with Crippen LogP contribution in [0.25, 0.3) is 21.3 Å². The van der Waals surface area contributed by atoms with Crippen LogP contribution in [-0.2, 0) is 9.59 Å². The number of rotatable bonds is 6. The largest absolute Gasteiger partial charge is 0.343 e. The fourth-order valence-electron chi connectivity index (χ4n) is 4.00. The van der Waals surface area contributed by atoms with Gasteiger partial charge in [-0.1, -0.05) is 32.0 Å². The van der Waals surface area contributed by atoms with Gasteiger partial charge in [-0.2, -0.15) is 0 Å². The summed E-state index contributed by atoms with van der Waals surface area (Å²) in [6.07, 6.45) is 1.81. The molecule has 0 radical (unpaired) electrons. The van der Waals surface area contributed by atoms with E-state index in [-0.39, 0.29) is 23.8 Å². The van der Waals surface area contributed by atoms with Gasteiger partial charge in [0.1, 0.15) is 11.0 Å². The van der Waals surface area contributed by atoms with Crippen molar-refractivity contribution in [1.82, 2.24) is 15.2 Å². The first-order valence-corrected chi connectivity index (χ1v) is 12.4. The van der Waals surface area contributed by atoms with Crippen molar-refractivity contribution in [3.8, 4) is 11.3 Å². The van der Waals surface area contributed by atoms with Crippen molar-refractivity contribution in [3.63, 3.8) is 0 Å². The van der Waals surface area contributed by atoms with Crippen LogP contribution in [0, 0.1) is 5.92 Å². The molecule has 164 valence electrons. The Bertz CT molecular complexity index is 1090. The highest BCUT2D eigenvalue weighted by atomic mass is 32.1. The van der Waals surface area contributed by atoms with Gasteiger partial charge in [0, 0.05) is 33.0 Å². The van der Waals surface area contributed by atoms with Gasteiger partial charge in [-0.05, 0) is 31.7 Å². The number of carbonyl (C=O) groups excluding carboxylic acids is 2. The summed E-state index contributed by atoms with van der Waals surface area (Å²) in [5, 5.41) is 9.25. The van der Waals surface area contributed by atoms with Gasteiger partial charge in [-0.25, -0.2) is 4.98 Å².